The van der Waals surface area contributed by atoms with Crippen molar-refractivity contribution in [1.29, 1.82) is 0 Å². The number of hydrogen-bond donors (Lipinski definition) is 2. The third-order valence-electron chi connectivity index (χ3n) is 3.57. The standard InChI is InChI=1S/C15H20N4O2/c1-11(2)15(3,21)9-16-14(20)13-17-10-19(18-13)12-7-5-4-6-8-12/h4-8,10-11,21H,9H2,1-3H3,(H,16,20). The lowest BCUT2D eigenvalue weighted by Crippen LogP contribution is -2.44. The van der Waals surface area contributed by atoms with E-state index in [9.17, 15) is 9.90 Å². The van der Waals surface area contributed by atoms with Crippen molar-refractivity contribution in [1.82, 2.24) is 20.1 Å². The Morgan fingerprint density at radius 3 is 2.67 bits per heavy atom. The number of carbonyl (C=O) groups is 1. The van der Waals surface area contributed by atoms with Crippen molar-refractivity contribution >= 4 is 5.91 Å². The van der Waals surface area contributed by atoms with Gasteiger partial charge in [-0.05, 0) is 25.0 Å². The van der Waals surface area contributed by atoms with Gasteiger partial charge in [0.1, 0.15) is 6.33 Å². The summed E-state index contributed by atoms with van der Waals surface area (Å²) in [7, 11) is 0. The second-order valence-electron chi connectivity index (χ2n) is 5.54. The van der Waals surface area contributed by atoms with Crippen LogP contribution in [0.25, 0.3) is 5.69 Å². The summed E-state index contributed by atoms with van der Waals surface area (Å²) in [5, 5.41) is 16.9. The number of carbonyl (C=O) groups excluding carboxylic acids is 1. The van der Waals surface area contributed by atoms with E-state index in [4.69, 9.17) is 0 Å². The lowest BCUT2D eigenvalue weighted by Gasteiger charge is -2.27. The molecule has 0 bridgehead atoms. The number of amides is 1. The van der Waals surface area contributed by atoms with Crippen LogP contribution in [0.15, 0.2) is 36.7 Å². The van der Waals surface area contributed by atoms with Gasteiger partial charge in [-0.25, -0.2) is 9.67 Å². The van der Waals surface area contributed by atoms with Gasteiger partial charge in [0.05, 0.1) is 11.3 Å². The molecule has 2 N–H and O–H groups in total. The van der Waals surface area contributed by atoms with Gasteiger partial charge in [-0.1, -0.05) is 32.0 Å². The molecule has 1 amide bonds. The van der Waals surface area contributed by atoms with Crippen molar-refractivity contribution in [2.75, 3.05) is 6.54 Å². The summed E-state index contributed by atoms with van der Waals surface area (Å²) in [6, 6.07) is 9.43. The number of hydrogen-bond acceptors (Lipinski definition) is 4. The van der Waals surface area contributed by atoms with Crippen molar-refractivity contribution in [3.8, 4) is 5.69 Å². The normalized spacial score (nSPS) is 14.0. The molecule has 2 rings (SSSR count). The fraction of sp³-hybridized carbons (Fsp3) is 0.400. The van der Waals surface area contributed by atoms with Gasteiger partial charge in [0.25, 0.3) is 5.91 Å². The Bertz CT molecular complexity index is 605. The highest BCUT2D eigenvalue weighted by molar-refractivity contribution is 5.90. The smallest absolute Gasteiger partial charge is 0.291 e. The zero-order valence-corrected chi connectivity index (χ0v) is 12.4. The van der Waals surface area contributed by atoms with E-state index in [1.54, 1.807) is 6.92 Å². The third-order valence-corrected chi connectivity index (χ3v) is 3.57. The minimum Gasteiger partial charge on any atom is -0.388 e. The first kappa shape index (κ1) is 15.2. The zero-order chi connectivity index (χ0) is 15.5. The van der Waals surface area contributed by atoms with Crippen LogP contribution in [0.3, 0.4) is 0 Å². The molecule has 0 spiro atoms. The molecule has 1 aromatic heterocycles. The molecule has 0 aliphatic carbocycles. The van der Waals surface area contributed by atoms with E-state index in [0.717, 1.165) is 5.69 Å². The summed E-state index contributed by atoms with van der Waals surface area (Å²) in [6.07, 6.45) is 1.49. The van der Waals surface area contributed by atoms with Crippen LogP contribution in [0, 0.1) is 5.92 Å². The lowest BCUT2D eigenvalue weighted by atomic mass is 9.92. The van der Waals surface area contributed by atoms with E-state index < -0.39 is 11.5 Å². The van der Waals surface area contributed by atoms with Crippen LogP contribution in [0.2, 0.25) is 0 Å². The van der Waals surface area contributed by atoms with Gasteiger partial charge < -0.3 is 10.4 Å². The minimum absolute atomic E-state index is 0.0348. The first-order valence-corrected chi connectivity index (χ1v) is 6.88. The Labute approximate surface area is 123 Å². The number of benzene rings is 1. The van der Waals surface area contributed by atoms with Crippen LogP contribution in [0.5, 0.6) is 0 Å². The van der Waals surface area contributed by atoms with Crippen molar-refractivity contribution in [2.24, 2.45) is 5.92 Å². The van der Waals surface area contributed by atoms with Crippen molar-refractivity contribution in [3.63, 3.8) is 0 Å². The van der Waals surface area contributed by atoms with Gasteiger partial charge in [-0.2, -0.15) is 0 Å². The Hall–Kier alpha value is -2.21. The zero-order valence-electron chi connectivity index (χ0n) is 12.4. The number of aliphatic hydroxyl groups is 1. The molecule has 112 valence electrons. The SMILES string of the molecule is CC(C)C(C)(O)CNC(=O)c1ncn(-c2ccccc2)n1. The van der Waals surface area contributed by atoms with Crippen LogP contribution in [0.4, 0.5) is 0 Å². The number of aromatic nitrogens is 3. The summed E-state index contributed by atoms with van der Waals surface area (Å²) < 4.78 is 1.54. The minimum atomic E-state index is -0.961. The molecule has 0 radical (unpaired) electrons. The van der Waals surface area contributed by atoms with E-state index in [1.807, 2.05) is 44.2 Å². The molecule has 1 heterocycles. The third kappa shape index (κ3) is 3.66. The van der Waals surface area contributed by atoms with Gasteiger partial charge in [0.15, 0.2) is 0 Å². The van der Waals surface area contributed by atoms with Crippen molar-refractivity contribution < 1.29 is 9.90 Å². The molecule has 1 unspecified atom stereocenters. The molecule has 0 saturated heterocycles. The predicted octanol–water partition coefficient (Wildman–Crippen LogP) is 1.40. The van der Waals surface area contributed by atoms with Crippen LogP contribution >= 0.6 is 0 Å². The molecule has 2 aromatic rings. The van der Waals surface area contributed by atoms with E-state index in [2.05, 4.69) is 15.4 Å². The van der Waals surface area contributed by atoms with Gasteiger partial charge in [-0.15, -0.1) is 5.10 Å². The predicted molar refractivity (Wildman–Crippen MR) is 79.2 cm³/mol. The first-order chi connectivity index (χ1) is 9.90. The number of rotatable bonds is 5. The van der Waals surface area contributed by atoms with E-state index >= 15 is 0 Å². The summed E-state index contributed by atoms with van der Waals surface area (Å²) in [5.74, 6) is -0.281. The molecule has 6 heteroatoms. The van der Waals surface area contributed by atoms with Crippen LogP contribution in [-0.4, -0.2) is 37.9 Å². The highest BCUT2D eigenvalue weighted by Gasteiger charge is 2.26. The fourth-order valence-corrected chi connectivity index (χ4v) is 1.61. The van der Waals surface area contributed by atoms with Crippen LogP contribution < -0.4 is 5.32 Å². The summed E-state index contributed by atoms with van der Waals surface area (Å²) in [5.41, 5.74) is -0.129. The molecule has 1 aromatic carbocycles. The summed E-state index contributed by atoms with van der Waals surface area (Å²) >= 11 is 0. The Balaban J connectivity index is 2.03. The molecular weight excluding hydrogens is 268 g/mol. The number of nitrogens with zero attached hydrogens (tertiary/aromatic N) is 3. The molecular formula is C15H20N4O2. The first-order valence-electron chi connectivity index (χ1n) is 6.88. The van der Waals surface area contributed by atoms with Gasteiger partial charge in [0, 0.05) is 6.54 Å². The van der Waals surface area contributed by atoms with Gasteiger partial charge in [0.2, 0.25) is 5.82 Å². The second kappa shape index (κ2) is 6.05. The number of nitrogens with one attached hydrogen (secondary N) is 1. The maximum atomic E-state index is 12.0. The molecule has 0 saturated carbocycles. The Kier molecular flexibility index (Phi) is 4.37. The highest BCUT2D eigenvalue weighted by atomic mass is 16.3. The van der Waals surface area contributed by atoms with Gasteiger partial charge in [-0.3, -0.25) is 4.79 Å². The van der Waals surface area contributed by atoms with E-state index in [-0.39, 0.29) is 18.3 Å². The molecule has 0 fully saturated rings. The quantitative estimate of drug-likeness (QED) is 0.871. The maximum absolute atomic E-state index is 12.0. The highest BCUT2D eigenvalue weighted by Crippen LogP contribution is 2.14. The largest absolute Gasteiger partial charge is 0.388 e. The summed E-state index contributed by atoms with van der Waals surface area (Å²) in [6.45, 7) is 5.64. The molecule has 0 aliphatic rings. The van der Waals surface area contributed by atoms with Crippen molar-refractivity contribution in [3.05, 3.63) is 42.5 Å². The van der Waals surface area contributed by atoms with E-state index in [0.29, 0.717) is 0 Å². The topological polar surface area (TPSA) is 80.0 Å². The van der Waals surface area contributed by atoms with Crippen LogP contribution in [0.1, 0.15) is 31.4 Å². The summed E-state index contributed by atoms with van der Waals surface area (Å²) in [4.78, 5) is 16.0. The monoisotopic (exact) mass is 288 g/mol. The van der Waals surface area contributed by atoms with Crippen LogP contribution in [-0.2, 0) is 0 Å². The average molecular weight is 288 g/mol. The average Bonchev–Trinajstić information content (AvgIpc) is 2.95. The molecule has 1 atom stereocenters. The molecule has 0 aliphatic heterocycles. The maximum Gasteiger partial charge on any atom is 0.291 e. The molecule has 21 heavy (non-hydrogen) atoms. The lowest BCUT2D eigenvalue weighted by molar-refractivity contribution is 0.0141. The van der Waals surface area contributed by atoms with E-state index in [1.165, 1.54) is 11.0 Å². The Morgan fingerprint density at radius 2 is 2.05 bits per heavy atom. The van der Waals surface area contributed by atoms with Crippen molar-refractivity contribution in [2.45, 2.75) is 26.4 Å². The Morgan fingerprint density at radius 1 is 1.38 bits per heavy atom. The second-order valence-corrected chi connectivity index (χ2v) is 5.54. The fourth-order valence-electron chi connectivity index (χ4n) is 1.61. The molecule has 6 nitrogen and oxygen atoms in total. The number of para-hydroxylation sites is 1. The van der Waals surface area contributed by atoms with Gasteiger partial charge >= 0.3 is 0 Å².